The molecule has 2 aromatic rings. The predicted octanol–water partition coefficient (Wildman–Crippen LogP) is 3.25. The van der Waals surface area contributed by atoms with E-state index in [4.69, 9.17) is 11.6 Å². The monoisotopic (exact) mass is 271 g/mol. The molecule has 0 aliphatic heterocycles. The van der Waals surface area contributed by atoms with Crippen molar-refractivity contribution in [3.05, 3.63) is 43.6 Å². The van der Waals surface area contributed by atoms with Crippen molar-refractivity contribution in [3.63, 3.8) is 0 Å². The maximum atomic E-state index is 11.7. The fourth-order valence-electron chi connectivity index (χ4n) is 1.36. The Morgan fingerprint density at radius 2 is 2.14 bits per heavy atom. The second-order valence-electron chi connectivity index (χ2n) is 3.11. The normalized spacial score (nSPS) is 10.8. The minimum absolute atomic E-state index is 0.0157. The highest BCUT2D eigenvalue weighted by atomic mass is 79.9. The molecule has 0 unspecified atom stereocenters. The summed E-state index contributed by atoms with van der Waals surface area (Å²) in [6, 6.07) is 3.43. The molecule has 1 aromatic heterocycles. The SMILES string of the molecule is Cc1c[nH]c2c(Br)cc(Cl)cc2c1=O. The summed E-state index contributed by atoms with van der Waals surface area (Å²) < 4.78 is 0.803. The Labute approximate surface area is 94.0 Å². The topological polar surface area (TPSA) is 32.9 Å². The van der Waals surface area contributed by atoms with Crippen LogP contribution in [0.15, 0.2) is 27.6 Å². The number of hydrogen-bond donors (Lipinski definition) is 1. The number of aromatic nitrogens is 1. The number of hydrogen-bond acceptors (Lipinski definition) is 1. The van der Waals surface area contributed by atoms with Crippen LogP contribution in [0.2, 0.25) is 5.02 Å². The molecule has 0 saturated heterocycles. The van der Waals surface area contributed by atoms with Crippen LogP contribution < -0.4 is 5.43 Å². The summed E-state index contributed by atoms with van der Waals surface area (Å²) in [4.78, 5) is 14.8. The Kier molecular flexibility index (Phi) is 2.37. The first-order valence-corrected chi connectivity index (χ1v) is 5.24. The molecule has 2 nitrogen and oxygen atoms in total. The Bertz CT molecular complexity index is 562. The van der Waals surface area contributed by atoms with Crippen molar-refractivity contribution in [1.82, 2.24) is 4.98 Å². The van der Waals surface area contributed by atoms with Crippen molar-refractivity contribution in [2.24, 2.45) is 0 Å². The summed E-state index contributed by atoms with van der Waals surface area (Å²) >= 11 is 9.22. The first kappa shape index (κ1) is 9.74. The third-order valence-corrected chi connectivity index (χ3v) is 2.93. The first-order chi connectivity index (χ1) is 6.59. The molecule has 0 fully saturated rings. The number of pyridine rings is 1. The highest BCUT2D eigenvalue weighted by Gasteiger charge is 2.05. The van der Waals surface area contributed by atoms with Gasteiger partial charge in [-0.15, -0.1) is 0 Å². The Hall–Kier alpha value is -0.800. The van der Waals surface area contributed by atoms with Crippen molar-refractivity contribution in [1.29, 1.82) is 0 Å². The number of H-pyrrole nitrogens is 1. The second-order valence-corrected chi connectivity index (χ2v) is 4.40. The molecule has 0 bridgehead atoms. The standard InChI is InChI=1S/C10H7BrClNO/c1-5-4-13-9-7(10(5)14)2-6(12)3-8(9)11/h2-4H,1H3,(H,13,14). The molecule has 0 spiro atoms. The molecule has 14 heavy (non-hydrogen) atoms. The Balaban J connectivity index is 3.03. The van der Waals surface area contributed by atoms with E-state index in [0.717, 1.165) is 9.99 Å². The molecule has 4 heteroatoms. The molecule has 0 atom stereocenters. The summed E-state index contributed by atoms with van der Waals surface area (Å²) in [5.74, 6) is 0. The molecule has 0 aliphatic rings. The Morgan fingerprint density at radius 3 is 2.86 bits per heavy atom. The highest BCUT2D eigenvalue weighted by Crippen LogP contribution is 2.24. The van der Waals surface area contributed by atoms with Crippen molar-refractivity contribution < 1.29 is 0 Å². The van der Waals surface area contributed by atoms with E-state index in [2.05, 4.69) is 20.9 Å². The lowest BCUT2D eigenvalue weighted by Gasteiger charge is -2.02. The van der Waals surface area contributed by atoms with Gasteiger partial charge < -0.3 is 4.98 Å². The average Bonchev–Trinajstić information content (AvgIpc) is 2.12. The summed E-state index contributed by atoms with van der Waals surface area (Å²) in [5, 5.41) is 1.17. The number of aryl methyl sites for hydroxylation is 1. The van der Waals surface area contributed by atoms with E-state index < -0.39 is 0 Å². The largest absolute Gasteiger partial charge is 0.360 e. The minimum atomic E-state index is 0.0157. The number of rotatable bonds is 0. The smallest absolute Gasteiger partial charge is 0.192 e. The zero-order valence-electron chi connectivity index (χ0n) is 7.40. The maximum absolute atomic E-state index is 11.7. The fourth-order valence-corrected chi connectivity index (χ4v) is 2.28. The van der Waals surface area contributed by atoms with Gasteiger partial charge in [0.2, 0.25) is 0 Å². The average molecular weight is 273 g/mol. The third-order valence-electron chi connectivity index (χ3n) is 2.09. The van der Waals surface area contributed by atoms with Crippen LogP contribution >= 0.6 is 27.5 Å². The van der Waals surface area contributed by atoms with Crippen LogP contribution in [0.5, 0.6) is 0 Å². The fraction of sp³-hybridized carbons (Fsp3) is 0.100. The predicted molar refractivity (Wildman–Crippen MR) is 62.0 cm³/mol. The molecular weight excluding hydrogens is 265 g/mol. The van der Waals surface area contributed by atoms with Gasteiger partial charge in [0.05, 0.1) is 5.52 Å². The lowest BCUT2D eigenvalue weighted by Crippen LogP contribution is -2.06. The number of aromatic amines is 1. The zero-order valence-corrected chi connectivity index (χ0v) is 9.74. The van der Waals surface area contributed by atoms with Gasteiger partial charge in [0.15, 0.2) is 5.43 Å². The van der Waals surface area contributed by atoms with Gasteiger partial charge in [-0.1, -0.05) is 11.6 Å². The number of halogens is 2. The summed E-state index contributed by atoms with van der Waals surface area (Å²) in [5.41, 5.74) is 1.48. The van der Waals surface area contributed by atoms with Crippen LogP contribution in [-0.4, -0.2) is 4.98 Å². The molecule has 0 amide bonds. The van der Waals surface area contributed by atoms with E-state index >= 15 is 0 Å². The van der Waals surface area contributed by atoms with E-state index in [-0.39, 0.29) is 5.43 Å². The summed E-state index contributed by atoms with van der Waals surface area (Å²) in [6.45, 7) is 1.77. The van der Waals surface area contributed by atoms with Crippen molar-refractivity contribution in [2.75, 3.05) is 0 Å². The third kappa shape index (κ3) is 1.47. The molecule has 0 aliphatic carbocycles. The minimum Gasteiger partial charge on any atom is -0.360 e. The van der Waals surface area contributed by atoms with Crippen molar-refractivity contribution in [3.8, 4) is 0 Å². The van der Waals surface area contributed by atoms with Gasteiger partial charge in [-0.2, -0.15) is 0 Å². The van der Waals surface area contributed by atoms with Crippen LogP contribution in [0.3, 0.4) is 0 Å². The van der Waals surface area contributed by atoms with Gasteiger partial charge >= 0.3 is 0 Å². The molecule has 0 saturated carbocycles. The van der Waals surface area contributed by atoms with E-state index in [9.17, 15) is 4.79 Å². The quantitative estimate of drug-likeness (QED) is 0.784. The van der Waals surface area contributed by atoms with Crippen molar-refractivity contribution in [2.45, 2.75) is 6.92 Å². The van der Waals surface area contributed by atoms with Crippen LogP contribution in [-0.2, 0) is 0 Å². The molecule has 1 heterocycles. The molecule has 1 N–H and O–H groups in total. The first-order valence-electron chi connectivity index (χ1n) is 4.06. The molecule has 0 radical (unpaired) electrons. The van der Waals surface area contributed by atoms with Crippen LogP contribution in [0, 0.1) is 6.92 Å². The van der Waals surface area contributed by atoms with Gasteiger partial charge in [0, 0.05) is 26.6 Å². The summed E-state index contributed by atoms with van der Waals surface area (Å²) in [7, 11) is 0. The number of fused-ring (bicyclic) bond motifs is 1. The van der Waals surface area contributed by atoms with Gasteiger partial charge in [-0.25, -0.2) is 0 Å². The lowest BCUT2D eigenvalue weighted by molar-refractivity contribution is 1.29. The van der Waals surface area contributed by atoms with Gasteiger partial charge in [0.25, 0.3) is 0 Å². The molecule has 2 rings (SSSR count). The van der Waals surface area contributed by atoms with Gasteiger partial charge in [-0.05, 0) is 35.0 Å². The van der Waals surface area contributed by atoms with Crippen molar-refractivity contribution >= 4 is 38.4 Å². The molecule has 1 aromatic carbocycles. The van der Waals surface area contributed by atoms with Crippen LogP contribution in [0.25, 0.3) is 10.9 Å². The van der Waals surface area contributed by atoms with E-state index in [1.54, 1.807) is 25.3 Å². The van der Waals surface area contributed by atoms with E-state index in [1.807, 2.05) is 0 Å². The van der Waals surface area contributed by atoms with E-state index in [0.29, 0.717) is 16.0 Å². The lowest BCUT2D eigenvalue weighted by atomic mass is 10.1. The van der Waals surface area contributed by atoms with Gasteiger partial charge in [0.1, 0.15) is 0 Å². The van der Waals surface area contributed by atoms with E-state index in [1.165, 1.54) is 0 Å². The van der Waals surface area contributed by atoms with Crippen LogP contribution in [0.4, 0.5) is 0 Å². The molecular formula is C10H7BrClNO. The number of benzene rings is 1. The van der Waals surface area contributed by atoms with Crippen LogP contribution in [0.1, 0.15) is 5.56 Å². The van der Waals surface area contributed by atoms with Gasteiger partial charge in [-0.3, -0.25) is 4.79 Å². The zero-order chi connectivity index (χ0) is 10.3. The molecule has 72 valence electrons. The second kappa shape index (κ2) is 3.41. The maximum Gasteiger partial charge on any atom is 0.192 e. The highest BCUT2D eigenvalue weighted by molar-refractivity contribution is 9.10. The number of nitrogens with one attached hydrogen (secondary N) is 1. The Morgan fingerprint density at radius 1 is 1.43 bits per heavy atom. The summed E-state index contributed by atoms with van der Waals surface area (Å²) in [6.07, 6.45) is 1.70.